The Balaban J connectivity index is 1.99. The average Bonchev–Trinajstić information content (AvgIpc) is 2.99. The maximum absolute atomic E-state index is 12.4. The van der Waals surface area contributed by atoms with E-state index in [9.17, 15) is 4.79 Å². The number of carbonyl (C=O) groups excluding carboxylic acids is 1. The zero-order valence-corrected chi connectivity index (χ0v) is 13.7. The van der Waals surface area contributed by atoms with Gasteiger partial charge in [-0.2, -0.15) is 0 Å². The first-order valence-corrected chi connectivity index (χ1v) is 8.33. The first kappa shape index (κ1) is 17.0. The minimum atomic E-state index is -0.0459. The number of benzene rings is 1. The lowest BCUT2D eigenvalue weighted by atomic mass is 10.0. The molecule has 22 heavy (non-hydrogen) atoms. The Morgan fingerprint density at radius 1 is 1.32 bits per heavy atom. The largest absolute Gasteiger partial charge is 0.396 e. The molecule has 4 heteroatoms. The molecule has 1 unspecified atom stereocenters. The van der Waals surface area contributed by atoms with Gasteiger partial charge in [0.2, 0.25) is 0 Å². The Morgan fingerprint density at radius 3 is 2.68 bits per heavy atom. The standard InChI is InChI=1S/C18H28N2O2/c1-14(2)17(8-11-21)19-18(22)16-7-5-6-15(12-16)13-20-9-3-4-10-20/h5-7,12,14,17,21H,3-4,8-11,13H2,1-2H3,(H,19,22). The van der Waals surface area contributed by atoms with Gasteiger partial charge in [-0.05, 0) is 56.0 Å². The second-order valence-corrected chi connectivity index (χ2v) is 6.52. The van der Waals surface area contributed by atoms with E-state index in [4.69, 9.17) is 5.11 Å². The molecule has 1 amide bonds. The number of aliphatic hydroxyl groups is 1. The van der Waals surface area contributed by atoms with Crippen LogP contribution in [0.2, 0.25) is 0 Å². The van der Waals surface area contributed by atoms with E-state index in [1.54, 1.807) is 0 Å². The van der Waals surface area contributed by atoms with Crippen molar-refractivity contribution in [2.24, 2.45) is 5.92 Å². The molecule has 1 aromatic rings. The van der Waals surface area contributed by atoms with Gasteiger partial charge in [-0.25, -0.2) is 0 Å². The molecule has 0 spiro atoms. The highest BCUT2D eigenvalue weighted by molar-refractivity contribution is 5.94. The van der Waals surface area contributed by atoms with Gasteiger partial charge in [-0.3, -0.25) is 9.69 Å². The number of hydrogen-bond acceptors (Lipinski definition) is 3. The van der Waals surface area contributed by atoms with Gasteiger partial charge in [-0.15, -0.1) is 0 Å². The van der Waals surface area contributed by atoms with Crippen molar-refractivity contribution in [1.82, 2.24) is 10.2 Å². The topological polar surface area (TPSA) is 52.6 Å². The van der Waals surface area contributed by atoms with Crippen LogP contribution < -0.4 is 5.32 Å². The Morgan fingerprint density at radius 2 is 2.05 bits per heavy atom. The third kappa shape index (κ3) is 4.82. The van der Waals surface area contributed by atoms with Crippen LogP contribution >= 0.6 is 0 Å². The van der Waals surface area contributed by atoms with E-state index in [0.717, 1.165) is 19.6 Å². The van der Waals surface area contributed by atoms with Crippen LogP contribution in [-0.2, 0) is 6.54 Å². The van der Waals surface area contributed by atoms with Gasteiger partial charge in [0.25, 0.3) is 5.91 Å². The fourth-order valence-electron chi connectivity index (χ4n) is 2.97. The molecule has 1 atom stereocenters. The first-order valence-electron chi connectivity index (χ1n) is 8.33. The smallest absolute Gasteiger partial charge is 0.251 e. The Bertz CT molecular complexity index is 482. The summed E-state index contributed by atoms with van der Waals surface area (Å²) in [4.78, 5) is 14.8. The van der Waals surface area contributed by atoms with Crippen molar-refractivity contribution in [2.45, 2.75) is 45.7 Å². The van der Waals surface area contributed by atoms with E-state index in [1.165, 1.54) is 18.4 Å². The van der Waals surface area contributed by atoms with Crippen molar-refractivity contribution in [3.63, 3.8) is 0 Å². The minimum Gasteiger partial charge on any atom is -0.396 e. The molecule has 2 N–H and O–H groups in total. The highest BCUT2D eigenvalue weighted by atomic mass is 16.3. The van der Waals surface area contributed by atoms with E-state index in [2.05, 4.69) is 30.1 Å². The molecule has 0 aromatic heterocycles. The Labute approximate surface area is 133 Å². The van der Waals surface area contributed by atoms with E-state index in [1.807, 2.05) is 18.2 Å². The SMILES string of the molecule is CC(C)C(CCO)NC(=O)c1cccc(CN2CCCC2)c1. The molecule has 1 aliphatic rings. The zero-order valence-electron chi connectivity index (χ0n) is 13.7. The van der Waals surface area contributed by atoms with E-state index in [0.29, 0.717) is 17.9 Å². The second kappa shape index (κ2) is 8.30. The van der Waals surface area contributed by atoms with Gasteiger partial charge < -0.3 is 10.4 Å². The molecular weight excluding hydrogens is 276 g/mol. The summed E-state index contributed by atoms with van der Waals surface area (Å²) in [6.07, 6.45) is 3.14. The number of likely N-dealkylation sites (tertiary alicyclic amines) is 1. The molecular formula is C18H28N2O2. The van der Waals surface area contributed by atoms with Gasteiger partial charge in [0.1, 0.15) is 0 Å². The maximum Gasteiger partial charge on any atom is 0.251 e. The third-order valence-corrected chi connectivity index (χ3v) is 4.36. The second-order valence-electron chi connectivity index (χ2n) is 6.52. The number of rotatable bonds is 7. The maximum atomic E-state index is 12.4. The van der Waals surface area contributed by atoms with Crippen LogP contribution in [0.4, 0.5) is 0 Å². The van der Waals surface area contributed by atoms with Crippen molar-refractivity contribution in [3.8, 4) is 0 Å². The van der Waals surface area contributed by atoms with Crippen LogP contribution in [0.25, 0.3) is 0 Å². The summed E-state index contributed by atoms with van der Waals surface area (Å²) in [5, 5.41) is 12.2. The van der Waals surface area contributed by atoms with Crippen LogP contribution in [0.3, 0.4) is 0 Å². The van der Waals surface area contributed by atoms with Crippen molar-refractivity contribution in [3.05, 3.63) is 35.4 Å². The number of aliphatic hydroxyl groups excluding tert-OH is 1. The summed E-state index contributed by atoms with van der Waals surface area (Å²) in [6, 6.07) is 7.91. The van der Waals surface area contributed by atoms with Crippen LogP contribution in [0.15, 0.2) is 24.3 Å². The molecule has 2 rings (SSSR count). The Hall–Kier alpha value is -1.39. The number of nitrogens with zero attached hydrogens (tertiary/aromatic N) is 1. The predicted molar refractivity (Wildman–Crippen MR) is 88.7 cm³/mol. The molecule has 0 aliphatic carbocycles. The lowest BCUT2D eigenvalue weighted by Crippen LogP contribution is -2.39. The van der Waals surface area contributed by atoms with Crippen LogP contribution in [0.5, 0.6) is 0 Å². The van der Waals surface area contributed by atoms with Crippen molar-refractivity contribution in [2.75, 3.05) is 19.7 Å². The lowest BCUT2D eigenvalue weighted by molar-refractivity contribution is 0.0916. The highest BCUT2D eigenvalue weighted by Gasteiger charge is 2.17. The summed E-state index contributed by atoms with van der Waals surface area (Å²) >= 11 is 0. The normalized spacial score (nSPS) is 16.9. The minimum absolute atomic E-state index is 0.0136. The quantitative estimate of drug-likeness (QED) is 0.813. The molecule has 122 valence electrons. The fourth-order valence-corrected chi connectivity index (χ4v) is 2.97. The van der Waals surface area contributed by atoms with Crippen molar-refractivity contribution < 1.29 is 9.90 Å². The van der Waals surface area contributed by atoms with Gasteiger partial charge in [-0.1, -0.05) is 26.0 Å². The molecule has 0 saturated carbocycles. The summed E-state index contributed by atoms with van der Waals surface area (Å²) in [6.45, 7) is 7.45. The number of carbonyl (C=O) groups is 1. The average molecular weight is 304 g/mol. The van der Waals surface area contributed by atoms with Crippen LogP contribution in [0.1, 0.15) is 49.0 Å². The summed E-state index contributed by atoms with van der Waals surface area (Å²) in [5.41, 5.74) is 1.90. The molecule has 0 bridgehead atoms. The predicted octanol–water partition coefficient (Wildman–Crippen LogP) is 2.42. The molecule has 1 fully saturated rings. The zero-order chi connectivity index (χ0) is 15.9. The molecule has 1 saturated heterocycles. The lowest BCUT2D eigenvalue weighted by Gasteiger charge is -2.22. The van der Waals surface area contributed by atoms with E-state index >= 15 is 0 Å². The van der Waals surface area contributed by atoms with Crippen molar-refractivity contribution >= 4 is 5.91 Å². The number of hydrogen-bond donors (Lipinski definition) is 2. The van der Waals surface area contributed by atoms with E-state index in [-0.39, 0.29) is 18.6 Å². The highest BCUT2D eigenvalue weighted by Crippen LogP contribution is 2.14. The number of amides is 1. The first-order chi connectivity index (χ1) is 10.6. The molecule has 0 radical (unpaired) electrons. The molecule has 4 nitrogen and oxygen atoms in total. The Kier molecular flexibility index (Phi) is 6.40. The third-order valence-electron chi connectivity index (χ3n) is 4.36. The van der Waals surface area contributed by atoms with Crippen LogP contribution in [0, 0.1) is 5.92 Å². The monoisotopic (exact) mass is 304 g/mol. The summed E-state index contributed by atoms with van der Waals surface area (Å²) in [5.74, 6) is 0.263. The summed E-state index contributed by atoms with van der Waals surface area (Å²) < 4.78 is 0. The molecule has 1 aliphatic heterocycles. The van der Waals surface area contributed by atoms with Gasteiger partial charge >= 0.3 is 0 Å². The van der Waals surface area contributed by atoms with E-state index < -0.39 is 0 Å². The van der Waals surface area contributed by atoms with Gasteiger partial charge in [0.05, 0.1) is 0 Å². The fraction of sp³-hybridized carbons (Fsp3) is 0.611. The van der Waals surface area contributed by atoms with Gasteiger partial charge in [0, 0.05) is 24.8 Å². The molecule has 1 aromatic carbocycles. The van der Waals surface area contributed by atoms with Gasteiger partial charge in [0.15, 0.2) is 0 Å². The molecule has 1 heterocycles. The number of nitrogens with one attached hydrogen (secondary N) is 1. The summed E-state index contributed by atoms with van der Waals surface area (Å²) in [7, 11) is 0. The van der Waals surface area contributed by atoms with Crippen LogP contribution in [-0.4, -0.2) is 41.7 Å². The van der Waals surface area contributed by atoms with Crippen molar-refractivity contribution in [1.29, 1.82) is 0 Å².